The molecule has 1 atom stereocenters. The molecule has 0 fully saturated rings. The third-order valence-corrected chi connectivity index (χ3v) is 3.43. The molecule has 0 aliphatic rings. The van der Waals surface area contributed by atoms with Crippen molar-refractivity contribution in [2.45, 2.75) is 13.0 Å². The number of amides is 2. The van der Waals surface area contributed by atoms with Crippen molar-refractivity contribution in [3.05, 3.63) is 51.1 Å². The third-order valence-electron chi connectivity index (χ3n) is 2.56. The molecule has 3 N–H and O–H groups in total. The van der Waals surface area contributed by atoms with E-state index in [1.807, 2.05) is 0 Å². The van der Waals surface area contributed by atoms with Gasteiger partial charge in [-0.2, -0.15) is 0 Å². The number of aromatic nitrogens is 1. The fourth-order valence-electron chi connectivity index (χ4n) is 1.50. The lowest BCUT2D eigenvalue weighted by molar-refractivity contribution is -0.117. The smallest absolute Gasteiger partial charge is 0.271 e. The third kappa shape index (κ3) is 3.33. The molecule has 0 bridgehead atoms. The highest BCUT2D eigenvalue weighted by Crippen LogP contribution is 2.08. The van der Waals surface area contributed by atoms with Crippen molar-refractivity contribution in [2.24, 2.45) is 0 Å². The minimum Gasteiger partial charge on any atom is -0.340 e. The van der Waals surface area contributed by atoms with E-state index in [-0.39, 0.29) is 11.6 Å². The second-order valence-electron chi connectivity index (χ2n) is 4.07. The Balaban J connectivity index is 1.98. The average molecular weight is 291 g/mol. The van der Waals surface area contributed by atoms with Crippen LogP contribution in [0.2, 0.25) is 0 Å². The van der Waals surface area contributed by atoms with Gasteiger partial charge in [-0.3, -0.25) is 14.4 Å². The van der Waals surface area contributed by atoms with Crippen LogP contribution in [0.3, 0.4) is 0 Å². The summed E-state index contributed by atoms with van der Waals surface area (Å²) in [6, 6.07) is 5.78. The second kappa shape index (κ2) is 6.16. The van der Waals surface area contributed by atoms with E-state index in [2.05, 4.69) is 15.6 Å². The quantitative estimate of drug-likeness (QED) is 0.790. The number of rotatable bonds is 4. The number of H-pyrrole nitrogens is 1. The molecule has 2 heterocycles. The van der Waals surface area contributed by atoms with Gasteiger partial charge in [0.15, 0.2) is 0 Å². The summed E-state index contributed by atoms with van der Waals surface area (Å²) in [5, 5.41) is 6.82. The summed E-state index contributed by atoms with van der Waals surface area (Å²) in [7, 11) is 0. The molecule has 1 unspecified atom stereocenters. The topological polar surface area (TPSA) is 91.1 Å². The van der Waals surface area contributed by atoms with E-state index in [0.717, 1.165) is 0 Å². The van der Waals surface area contributed by atoms with E-state index >= 15 is 0 Å². The maximum atomic E-state index is 11.9. The highest BCUT2D eigenvalue weighted by molar-refractivity contribution is 7.12. The molecule has 2 rings (SSSR count). The fraction of sp³-hybridized carbons (Fsp3) is 0.154. The van der Waals surface area contributed by atoms with E-state index in [4.69, 9.17) is 0 Å². The summed E-state index contributed by atoms with van der Waals surface area (Å²) in [4.78, 5) is 38.1. The van der Waals surface area contributed by atoms with Crippen LogP contribution in [-0.2, 0) is 4.79 Å². The largest absolute Gasteiger partial charge is 0.340 e. The molecule has 20 heavy (non-hydrogen) atoms. The molecule has 104 valence electrons. The number of thiophene rings is 1. The first-order valence-corrected chi connectivity index (χ1v) is 6.79. The van der Waals surface area contributed by atoms with Gasteiger partial charge in [-0.1, -0.05) is 6.07 Å². The molecule has 2 aromatic heterocycles. The highest BCUT2D eigenvalue weighted by atomic mass is 32.1. The summed E-state index contributed by atoms with van der Waals surface area (Å²) < 4.78 is 0. The molecule has 2 amide bonds. The van der Waals surface area contributed by atoms with Crippen molar-refractivity contribution in [1.29, 1.82) is 0 Å². The summed E-state index contributed by atoms with van der Waals surface area (Å²) in [6.45, 7) is 1.55. The molecule has 0 saturated carbocycles. The van der Waals surface area contributed by atoms with Gasteiger partial charge in [0, 0.05) is 6.20 Å². The van der Waals surface area contributed by atoms with Crippen molar-refractivity contribution < 1.29 is 9.59 Å². The summed E-state index contributed by atoms with van der Waals surface area (Å²) in [5.74, 6) is -0.767. The van der Waals surface area contributed by atoms with Gasteiger partial charge in [-0.15, -0.1) is 11.3 Å². The predicted octanol–water partition coefficient (Wildman–Crippen LogP) is 1.19. The van der Waals surface area contributed by atoms with E-state index in [9.17, 15) is 14.4 Å². The number of anilines is 1. The Morgan fingerprint density at radius 3 is 2.75 bits per heavy atom. The van der Waals surface area contributed by atoms with E-state index in [1.165, 1.54) is 23.6 Å². The zero-order valence-electron chi connectivity index (χ0n) is 10.7. The molecule has 0 aromatic carbocycles. The maximum absolute atomic E-state index is 11.9. The first-order chi connectivity index (χ1) is 9.58. The monoisotopic (exact) mass is 291 g/mol. The molecule has 0 radical (unpaired) electrons. The molecule has 2 aromatic rings. The van der Waals surface area contributed by atoms with Gasteiger partial charge in [0.1, 0.15) is 11.7 Å². The lowest BCUT2D eigenvalue weighted by Gasteiger charge is -2.13. The molecule has 0 aliphatic heterocycles. The summed E-state index contributed by atoms with van der Waals surface area (Å²) in [5.41, 5.74) is -0.243. The number of aromatic amines is 1. The molecule has 0 spiro atoms. The highest BCUT2D eigenvalue weighted by Gasteiger charge is 2.17. The Morgan fingerprint density at radius 1 is 1.30 bits per heavy atom. The van der Waals surface area contributed by atoms with Gasteiger partial charge >= 0.3 is 0 Å². The van der Waals surface area contributed by atoms with Gasteiger partial charge in [-0.05, 0) is 30.5 Å². The number of pyridine rings is 1. The fourth-order valence-corrected chi connectivity index (χ4v) is 2.13. The van der Waals surface area contributed by atoms with Crippen LogP contribution in [-0.4, -0.2) is 22.8 Å². The molecule has 7 heteroatoms. The van der Waals surface area contributed by atoms with Crippen LogP contribution < -0.4 is 16.2 Å². The molecular formula is C13H13N3O3S. The number of hydrogen-bond donors (Lipinski definition) is 3. The van der Waals surface area contributed by atoms with Crippen molar-refractivity contribution in [2.75, 3.05) is 5.32 Å². The minimum atomic E-state index is -0.746. The first-order valence-electron chi connectivity index (χ1n) is 5.91. The lowest BCUT2D eigenvalue weighted by Crippen LogP contribution is -2.42. The molecule has 0 saturated heterocycles. The molecule has 6 nitrogen and oxygen atoms in total. The number of carbonyl (C=O) groups is 2. The van der Waals surface area contributed by atoms with Crippen LogP contribution in [0.15, 0.2) is 40.6 Å². The SMILES string of the molecule is CC(NC(=O)c1cccs1)C(=O)Nc1ccc[nH]c1=O. The normalized spacial score (nSPS) is 11.7. The number of nitrogens with one attached hydrogen (secondary N) is 3. The van der Waals surface area contributed by atoms with Crippen molar-refractivity contribution >= 4 is 28.8 Å². The Morgan fingerprint density at radius 2 is 2.10 bits per heavy atom. The predicted molar refractivity (Wildman–Crippen MR) is 76.9 cm³/mol. The van der Waals surface area contributed by atoms with E-state index < -0.39 is 17.5 Å². The maximum Gasteiger partial charge on any atom is 0.271 e. The second-order valence-corrected chi connectivity index (χ2v) is 5.02. The standard InChI is InChI=1S/C13H13N3O3S/c1-8(15-13(19)10-5-3-7-20-10)11(17)16-9-4-2-6-14-12(9)18/h2-8H,1H3,(H,14,18)(H,15,19)(H,16,17). The number of hydrogen-bond acceptors (Lipinski definition) is 4. The minimum absolute atomic E-state index is 0.148. The lowest BCUT2D eigenvalue weighted by atomic mass is 10.3. The molecule has 0 aliphatic carbocycles. The van der Waals surface area contributed by atoms with Crippen molar-refractivity contribution in [1.82, 2.24) is 10.3 Å². The Hall–Kier alpha value is -2.41. The van der Waals surface area contributed by atoms with Gasteiger partial charge in [0.2, 0.25) is 5.91 Å². The van der Waals surface area contributed by atoms with Crippen LogP contribution in [0.1, 0.15) is 16.6 Å². The summed E-state index contributed by atoms with van der Waals surface area (Å²) in [6.07, 6.45) is 1.47. The van der Waals surface area contributed by atoms with E-state index in [0.29, 0.717) is 4.88 Å². The Kier molecular flexibility index (Phi) is 4.31. The van der Waals surface area contributed by atoms with Crippen LogP contribution in [0.5, 0.6) is 0 Å². The average Bonchev–Trinajstić information content (AvgIpc) is 2.95. The van der Waals surface area contributed by atoms with Crippen LogP contribution in [0, 0.1) is 0 Å². The van der Waals surface area contributed by atoms with Crippen LogP contribution in [0.25, 0.3) is 0 Å². The zero-order valence-corrected chi connectivity index (χ0v) is 11.5. The van der Waals surface area contributed by atoms with Gasteiger partial charge in [0.05, 0.1) is 4.88 Å². The van der Waals surface area contributed by atoms with Crippen molar-refractivity contribution in [3.63, 3.8) is 0 Å². The molecular weight excluding hydrogens is 278 g/mol. The van der Waals surface area contributed by atoms with Gasteiger partial charge < -0.3 is 15.6 Å². The van der Waals surface area contributed by atoms with Crippen LogP contribution >= 0.6 is 11.3 Å². The van der Waals surface area contributed by atoms with Crippen molar-refractivity contribution in [3.8, 4) is 0 Å². The zero-order chi connectivity index (χ0) is 14.5. The van der Waals surface area contributed by atoms with Gasteiger partial charge in [-0.25, -0.2) is 0 Å². The van der Waals surface area contributed by atoms with E-state index in [1.54, 1.807) is 30.5 Å². The first kappa shape index (κ1) is 14.0. The Bertz CT molecular complexity index is 664. The van der Waals surface area contributed by atoms with Gasteiger partial charge in [0.25, 0.3) is 11.5 Å². The Labute approximate surface area is 118 Å². The van der Waals surface area contributed by atoms with Crippen LogP contribution in [0.4, 0.5) is 5.69 Å². The summed E-state index contributed by atoms with van der Waals surface area (Å²) >= 11 is 1.29. The number of carbonyl (C=O) groups excluding carboxylic acids is 2.